The smallest absolute Gasteiger partial charge is 0.333 e. The summed E-state index contributed by atoms with van der Waals surface area (Å²) < 4.78 is 26.9. The van der Waals surface area contributed by atoms with Crippen LogP contribution in [0.1, 0.15) is 80.1 Å². The van der Waals surface area contributed by atoms with Crippen molar-refractivity contribution < 1.29 is 18.7 Å². The summed E-state index contributed by atoms with van der Waals surface area (Å²) in [7, 11) is -3.59. The number of azide groups is 1. The van der Waals surface area contributed by atoms with Crippen molar-refractivity contribution in [1.29, 1.82) is 0 Å². The fourth-order valence-corrected chi connectivity index (χ4v) is 7.61. The van der Waals surface area contributed by atoms with E-state index in [9.17, 15) is 9.67 Å². The molecule has 0 aromatic carbocycles. The molecule has 1 N–H and O–H groups in total. The molecular formula is C23H44N3O4P. The second-order valence-electron chi connectivity index (χ2n) is 10.8. The van der Waals surface area contributed by atoms with Crippen molar-refractivity contribution >= 4 is 7.60 Å². The van der Waals surface area contributed by atoms with Gasteiger partial charge in [0.15, 0.2) is 0 Å². The minimum Gasteiger partial charge on any atom is -0.392 e. The van der Waals surface area contributed by atoms with Crippen LogP contribution >= 0.6 is 7.60 Å². The average molecular weight is 458 g/mol. The lowest BCUT2D eigenvalue weighted by molar-refractivity contribution is -0.00558. The maximum absolute atomic E-state index is 14.1. The molecule has 31 heavy (non-hydrogen) atoms. The molecule has 0 amide bonds. The van der Waals surface area contributed by atoms with Crippen molar-refractivity contribution in [2.75, 3.05) is 12.7 Å². The minimum atomic E-state index is -3.59. The Morgan fingerprint density at radius 1 is 0.968 bits per heavy atom. The van der Waals surface area contributed by atoms with Gasteiger partial charge in [0.25, 0.3) is 0 Å². The molecule has 8 atom stereocenters. The van der Waals surface area contributed by atoms with Gasteiger partial charge in [0.2, 0.25) is 0 Å². The molecule has 2 fully saturated rings. The quantitative estimate of drug-likeness (QED) is 0.168. The summed E-state index contributed by atoms with van der Waals surface area (Å²) in [6, 6.07) is 0. The summed E-state index contributed by atoms with van der Waals surface area (Å²) in [4.78, 5) is 2.72. The van der Waals surface area contributed by atoms with Crippen LogP contribution in [-0.4, -0.2) is 36.1 Å². The molecule has 8 heteroatoms. The third kappa shape index (κ3) is 8.05. The first kappa shape index (κ1) is 26.7. The zero-order chi connectivity index (χ0) is 23.2. The molecule has 2 saturated carbocycles. The van der Waals surface area contributed by atoms with Gasteiger partial charge in [0, 0.05) is 4.91 Å². The van der Waals surface area contributed by atoms with Crippen LogP contribution in [0.3, 0.4) is 0 Å². The first-order valence-electron chi connectivity index (χ1n) is 12.2. The van der Waals surface area contributed by atoms with E-state index in [2.05, 4.69) is 51.6 Å². The number of hydrogen-bond donors (Lipinski definition) is 1. The van der Waals surface area contributed by atoms with E-state index in [4.69, 9.17) is 14.6 Å². The van der Waals surface area contributed by atoms with Crippen LogP contribution in [0, 0.1) is 35.5 Å². The molecule has 2 aliphatic rings. The van der Waals surface area contributed by atoms with Crippen molar-refractivity contribution in [3.05, 3.63) is 10.4 Å². The van der Waals surface area contributed by atoms with Gasteiger partial charge < -0.3 is 14.2 Å². The Morgan fingerprint density at radius 3 is 1.81 bits per heavy atom. The monoisotopic (exact) mass is 457 g/mol. The predicted molar refractivity (Wildman–Crippen MR) is 125 cm³/mol. The van der Waals surface area contributed by atoms with Crippen molar-refractivity contribution in [1.82, 2.24) is 0 Å². The van der Waals surface area contributed by atoms with Gasteiger partial charge in [-0.15, -0.1) is 0 Å². The third-order valence-electron chi connectivity index (χ3n) is 7.30. The lowest BCUT2D eigenvalue weighted by atomic mass is 9.75. The van der Waals surface area contributed by atoms with E-state index in [0.717, 1.165) is 38.5 Å². The van der Waals surface area contributed by atoms with Gasteiger partial charge in [-0.3, -0.25) is 4.57 Å². The van der Waals surface area contributed by atoms with Crippen molar-refractivity contribution in [3.63, 3.8) is 0 Å². The molecule has 0 heterocycles. The highest BCUT2D eigenvalue weighted by molar-refractivity contribution is 7.53. The van der Waals surface area contributed by atoms with Gasteiger partial charge >= 0.3 is 7.60 Å². The Labute approximate surface area is 188 Å². The van der Waals surface area contributed by atoms with Crippen molar-refractivity contribution in [3.8, 4) is 0 Å². The van der Waals surface area contributed by atoms with Crippen LogP contribution in [0.2, 0.25) is 0 Å². The molecule has 0 aromatic heterocycles. The Balaban J connectivity index is 2.26. The lowest BCUT2D eigenvalue weighted by Gasteiger charge is -2.42. The highest BCUT2D eigenvalue weighted by atomic mass is 31.2. The van der Waals surface area contributed by atoms with Crippen LogP contribution in [-0.2, 0) is 13.6 Å². The molecule has 0 aliphatic heterocycles. The topological polar surface area (TPSA) is 105 Å². The van der Waals surface area contributed by atoms with Gasteiger partial charge in [-0.1, -0.05) is 59.5 Å². The lowest BCUT2D eigenvalue weighted by Crippen LogP contribution is -2.37. The van der Waals surface area contributed by atoms with E-state index < -0.39 is 13.7 Å². The molecular weight excluding hydrogens is 413 g/mol. The SMILES string of the molecule is CC(C)[C@H]1CC[C@@H](C)C[C@H]1OP(=O)(C[C@H](O)CN=[N+]=[N-])O[C@@H]1C[C@@H](C)CC[C@@H]1C(C)C. The fourth-order valence-electron chi connectivity index (χ4n) is 5.44. The first-order valence-corrected chi connectivity index (χ1v) is 13.9. The summed E-state index contributed by atoms with van der Waals surface area (Å²) in [6.45, 7) is 13.1. The largest absolute Gasteiger partial charge is 0.392 e. The van der Waals surface area contributed by atoms with E-state index in [1.807, 2.05) is 0 Å². The van der Waals surface area contributed by atoms with Gasteiger partial charge in [-0.2, -0.15) is 0 Å². The van der Waals surface area contributed by atoms with E-state index in [0.29, 0.717) is 35.5 Å². The Hall–Kier alpha value is -0.580. The second kappa shape index (κ2) is 12.0. The molecule has 180 valence electrons. The molecule has 2 aliphatic carbocycles. The Kier molecular flexibility index (Phi) is 10.4. The van der Waals surface area contributed by atoms with Gasteiger partial charge in [0.1, 0.15) is 0 Å². The van der Waals surface area contributed by atoms with Crippen LogP contribution < -0.4 is 0 Å². The van der Waals surface area contributed by atoms with Crippen LogP contribution in [0.5, 0.6) is 0 Å². The summed E-state index contributed by atoms with van der Waals surface area (Å²) in [5, 5.41) is 13.9. The minimum absolute atomic E-state index is 0.128. The van der Waals surface area contributed by atoms with E-state index in [1.165, 1.54) is 0 Å². The zero-order valence-electron chi connectivity index (χ0n) is 20.3. The molecule has 0 saturated heterocycles. The molecule has 1 unspecified atom stereocenters. The number of aliphatic hydroxyl groups is 1. The van der Waals surface area contributed by atoms with Crippen LogP contribution in [0.15, 0.2) is 5.11 Å². The first-order chi connectivity index (χ1) is 14.5. The predicted octanol–water partition coefficient (Wildman–Crippen LogP) is 6.81. The standard InChI is InChI=1S/C23H44N3O4P/c1-15(2)20-9-7-17(5)11-22(20)29-31(28,14-19(27)13-25-26-24)30-23-12-18(6)8-10-21(23)16(3)4/h15-23,27H,7-14H2,1-6H3/t17-,18+,19-,20-,21-,22-,23-,31?/m1/s1. The summed E-state index contributed by atoms with van der Waals surface area (Å²) >= 11 is 0. The number of rotatable bonds is 10. The molecule has 0 bridgehead atoms. The van der Waals surface area contributed by atoms with E-state index in [-0.39, 0.29) is 24.9 Å². The maximum atomic E-state index is 14.1. The highest BCUT2D eigenvalue weighted by Gasteiger charge is 2.42. The van der Waals surface area contributed by atoms with Crippen molar-refractivity contribution in [2.45, 2.75) is 98.4 Å². The van der Waals surface area contributed by atoms with E-state index in [1.54, 1.807) is 0 Å². The van der Waals surface area contributed by atoms with Crippen LogP contribution in [0.4, 0.5) is 0 Å². The highest BCUT2D eigenvalue weighted by Crippen LogP contribution is 2.56. The summed E-state index contributed by atoms with van der Waals surface area (Å²) in [6.07, 6.45) is 4.69. The van der Waals surface area contributed by atoms with Gasteiger partial charge in [0.05, 0.1) is 31.0 Å². The zero-order valence-corrected chi connectivity index (χ0v) is 21.2. The Morgan fingerprint density at radius 2 is 1.42 bits per heavy atom. The fraction of sp³-hybridized carbons (Fsp3) is 1.00. The summed E-state index contributed by atoms with van der Waals surface area (Å²) in [5.41, 5.74) is 8.60. The molecule has 7 nitrogen and oxygen atoms in total. The normalized spacial score (nSPS) is 34.9. The molecule has 0 spiro atoms. The number of hydrogen-bond acceptors (Lipinski definition) is 5. The Bertz CT molecular complexity index is 615. The molecule has 0 radical (unpaired) electrons. The summed E-state index contributed by atoms with van der Waals surface area (Å²) in [5.74, 6) is 2.54. The van der Waals surface area contributed by atoms with E-state index >= 15 is 0 Å². The number of aliphatic hydroxyl groups excluding tert-OH is 1. The van der Waals surface area contributed by atoms with Crippen molar-refractivity contribution in [2.24, 2.45) is 40.6 Å². The number of nitrogens with zero attached hydrogens (tertiary/aromatic N) is 3. The van der Waals surface area contributed by atoms with Gasteiger partial charge in [-0.05, 0) is 66.7 Å². The second-order valence-corrected chi connectivity index (χ2v) is 12.8. The van der Waals surface area contributed by atoms with Crippen LogP contribution in [0.25, 0.3) is 10.4 Å². The van der Waals surface area contributed by atoms with Gasteiger partial charge in [-0.25, -0.2) is 0 Å². The maximum Gasteiger partial charge on any atom is 0.333 e. The molecule has 0 aromatic rings. The molecule has 2 rings (SSSR count). The third-order valence-corrected chi connectivity index (χ3v) is 9.36. The average Bonchev–Trinajstić information content (AvgIpc) is 2.65.